The summed E-state index contributed by atoms with van der Waals surface area (Å²) in [5, 5.41) is 2.71. The summed E-state index contributed by atoms with van der Waals surface area (Å²) in [6.45, 7) is 1.33. The van der Waals surface area contributed by atoms with E-state index in [1.54, 1.807) is 12.1 Å². The minimum Gasteiger partial charge on any atom is -0.449 e. The molecular weight excluding hydrogens is 246 g/mol. The number of anilines is 1. The second-order valence-corrected chi connectivity index (χ2v) is 4.88. The van der Waals surface area contributed by atoms with Crippen LogP contribution in [0.1, 0.15) is 25.7 Å². The predicted molar refractivity (Wildman–Crippen MR) is 68.5 cm³/mol. The molecule has 19 heavy (non-hydrogen) atoms. The van der Waals surface area contributed by atoms with Gasteiger partial charge in [0.05, 0.1) is 19.5 Å². The molecule has 1 N–H and O–H groups in total. The van der Waals surface area contributed by atoms with Crippen LogP contribution in [-0.2, 0) is 14.3 Å². The van der Waals surface area contributed by atoms with Gasteiger partial charge in [-0.05, 0) is 12.5 Å². The molecule has 2 aliphatic rings. The Kier molecular flexibility index (Phi) is 3.40. The van der Waals surface area contributed by atoms with Crippen molar-refractivity contribution in [2.24, 2.45) is 0 Å². The maximum Gasteiger partial charge on any atom is 0.227 e. The lowest BCUT2D eigenvalue weighted by Gasteiger charge is -2.21. The van der Waals surface area contributed by atoms with Crippen LogP contribution in [0, 0.1) is 0 Å². The molecule has 1 amide bonds. The fourth-order valence-electron chi connectivity index (χ4n) is 2.52. The summed E-state index contributed by atoms with van der Waals surface area (Å²) in [7, 11) is 0. The Bertz CT molecular complexity index is 472. The lowest BCUT2D eigenvalue weighted by atomic mass is 10.1. The molecule has 2 heterocycles. The Hall–Kier alpha value is -1.59. The predicted octanol–water partition coefficient (Wildman–Crippen LogP) is 2.46. The summed E-state index contributed by atoms with van der Waals surface area (Å²) in [6, 6.07) is 3.47. The summed E-state index contributed by atoms with van der Waals surface area (Å²) in [5.74, 6) is 0.0294. The van der Waals surface area contributed by atoms with Crippen molar-refractivity contribution in [3.8, 4) is 0 Å². The molecule has 1 saturated heterocycles. The van der Waals surface area contributed by atoms with Gasteiger partial charge in [0.1, 0.15) is 0 Å². The van der Waals surface area contributed by atoms with E-state index in [2.05, 4.69) is 11.4 Å². The fraction of sp³-hybridized carbons (Fsp3) is 0.500. The third kappa shape index (κ3) is 2.88. The highest BCUT2D eigenvalue weighted by atomic mass is 16.7. The van der Waals surface area contributed by atoms with E-state index in [1.165, 1.54) is 11.8 Å². The smallest absolute Gasteiger partial charge is 0.227 e. The zero-order valence-electron chi connectivity index (χ0n) is 10.7. The molecule has 0 bridgehead atoms. The van der Waals surface area contributed by atoms with Gasteiger partial charge in [-0.25, -0.2) is 0 Å². The maximum atomic E-state index is 11.7. The van der Waals surface area contributed by atoms with Crippen molar-refractivity contribution in [1.29, 1.82) is 0 Å². The van der Waals surface area contributed by atoms with E-state index in [0.29, 0.717) is 25.5 Å². The van der Waals surface area contributed by atoms with Crippen LogP contribution >= 0.6 is 0 Å². The van der Waals surface area contributed by atoms with Crippen LogP contribution in [-0.4, -0.2) is 24.9 Å². The molecule has 5 heteroatoms. The minimum absolute atomic E-state index is 0.0370. The molecule has 0 aromatic carbocycles. The van der Waals surface area contributed by atoms with Crippen LogP contribution < -0.4 is 5.32 Å². The summed E-state index contributed by atoms with van der Waals surface area (Å²) >= 11 is 0. The first kappa shape index (κ1) is 12.4. The number of furan rings is 1. The van der Waals surface area contributed by atoms with Gasteiger partial charge in [0.15, 0.2) is 11.7 Å². The number of ether oxygens (including phenoxy) is 2. The highest BCUT2D eigenvalue weighted by Gasteiger charge is 2.39. The van der Waals surface area contributed by atoms with E-state index in [1.807, 2.05) is 0 Å². The molecule has 1 aromatic rings. The topological polar surface area (TPSA) is 60.7 Å². The zero-order chi connectivity index (χ0) is 13.1. The molecule has 1 spiro atoms. The largest absolute Gasteiger partial charge is 0.449 e. The number of carbonyl (C=O) groups is 1. The molecule has 1 aromatic heterocycles. The molecule has 1 aliphatic heterocycles. The van der Waals surface area contributed by atoms with Crippen LogP contribution in [0.5, 0.6) is 0 Å². The van der Waals surface area contributed by atoms with E-state index in [0.717, 1.165) is 19.3 Å². The molecule has 0 saturated carbocycles. The summed E-state index contributed by atoms with van der Waals surface area (Å²) in [5.41, 5.74) is 1.23. The van der Waals surface area contributed by atoms with E-state index in [9.17, 15) is 4.79 Å². The first-order valence-corrected chi connectivity index (χ1v) is 6.55. The number of carbonyl (C=O) groups excluding carboxylic acids is 1. The third-order valence-corrected chi connectivity index (χ3v) is 3.47. The van der Waals surface area contributed by atoms with Gasteiger partial charge in [-0.3, -0.25) is 10.1 Å². The van der Waals surface area contributed by atoms with Gasteiger partial charge in [0.25, 0.3) is 0 Å². The average molecular weight is 263 g/mol. The second kappa shape index (κ2) is 5.19. The first-order valence-electron chi connectivity index (χ1n) is 6.55. The Labute approximate surface area is 111 Å². The standard InChI is InChI=1S/C14H17NO4/c16-12(15-13-2-1-7-17-13)4-3-11-5-6-14(10-11)18-8-9-19-14/h1-2,5,7H,3-4,6,8-10H2,(H,15,16). The average Bonchev–Trinajstić information content (AvgIpc) is 3.12. The number of rotatable bonds is 4. The third-order valence-electron chi connectivity index (χ3n) is 3.47. The summed E-state index contributed by atoms with van der Waals surface area (Å²) in [6.07, 6.45) is 6.42. The lowest BCUT2D eigenvalue weighted by molar-refractivity contribution is -0.147. The van der Waals surface area contributed by atoms with Crippen molar-refractivity contribution < 1.29 is 18.7 Å². The highest BCUT2D eigenvalue weighted by Crippen LogP contribution is 2.38. The monoisotopic (exact) mass is 263 g/mol. The van der Waals surface area contributed by atoms with Gasteiger partial charge in [-0.15, -0.1) is 0 Å². The Morgan fingerprint density at radius 2 is 2.21 bits per heavy atom. The van der Waals surface area contributed by atoms with Crippen molar-refractivity contribution in [2.75, 3.05) is 18.5 Å². The molecule has 5 nitrogen and oxygen atoms in total. The van der Waals surface area contributed by atoms with Crippen LogP contribution in [0.25, 0.3) is 0 Å². The maximum absolute atomic E-state index is 11.7. The van der Waals surface area contributed by atoms with Gasteiger partial charge in [0.2, 0.25) is 5.91 Å². The Balaban J connectivity index is 1.44. The Morgan fingerprint density at radius 1 is 1.37 bits per heavy atom. The van der Waals surface area contributed by atoms with Crippen molar-refractivity contribution in [3.05, 3.63) is 30.0 Å². The molecule has 1 aliphatic carbocycles. The van der Waals surface area contributed by atoms with Crippen molar-refractivity contribution in [1.82, 2.24) is 0 Å². The van der Waals surface area contributed by atoms with Gasteiger partial charge >= 0.3 is 0 Å². The molecular formula is C14H17NO4. The van der Waals surface area contributed by atoms with Crippen LogP contribution in [0.2, 0.25) is 0 Å². The number of amides is 1. The highest BCUT2D eigenvalue weighted by molar-refractivity contribution is 5.89. The normalized spacial score (nSPS) is 20.7. The van der Waals surface area contributed by atoms with Crippen molar-refractivity contribution >= 4 is 11.8 Å². The van der Waals surface area contributed by atoms with E-state index in [4.69, 9.17) is 13.9 Å². The second-order valence-electron chi connectivity index (χ2n) is 4.88. The molecule has 1 fully saturated rings. The number of hydrogen-bond acceptors (Lipinski definition) is 4. The summed E-state index contributed by atoms with van der Waals surface area (Å²) < 4.78 is 16.3. The van der Waals surface area contributed by atoms with Crippen LogP contribution in [0.3, 0.4) is 0 Å². The van der Waals surface area contributed by atoms with Gasteiger partial charge < -0.3 is 13.9 Å². The van der Waals surface area contributed by atoms with E-state index >= 15 is 0 Å². The van der Waals surface area contributed by atoms with Crippen LogP contribution in [0.4, 0.5) is 5.88 Å². The van der Waals surface area contributed by atoms with Crippen molar-refractivity contribution in [3.63, 3.8) is 0 Å². The molecule has 0 radical (unpaired) electrons. The van der Waals surface area contributed by atoms with E-state index in [-0.39, 0.29) is 5.91 Å². The summed E-state index contributed by atoms with van der Waals surface area (Å²) in [4.78, 5) is 11.7. The SMILES string of the molecule is O=C(CCC1=CCC2(C1)OCCO2)Nc1ccco1. The minimum atomic E-state index is -0.424. The number of hydrogen-bond donors (Lipinski definition) is 1. The lowest BCUT2D eigenvalue weighted by Crippen LogP contribution is -2.26. The van der Waals surface area contributed by atoms with Gasteiger partial charge in [0, 0.05) is 25.3 Å². The molecule has 0 atom stereocenters. The number of nitrogens with one attached hydrogen (secondary N) is 1. The fourth-order valence-corrected chi connectivity index (χ4v) is 2.52. The zero-order valence-corrected chi connectivity index (χ0v) is 10.7. The van der Waals surface area contributed by atoms with Gasteiger partial charge in [-0.1, -0.05) is 11.6 Å². The van der Waals surface area contributed by atoms with E-state index < -0.39 is 5.79 Å². The Morgan fingerprint density at radius 3 is 2.95 bits per heavy atom. The molecule has 102 valence electrons. The first-order chi connectivity index (χ1) is 9.26. The quantitative estimate of drug-likeness (QED) is 0.848. The van der Waals surface area contributed by atoms with Gasteiger partial charge in [-0.2, -0.15) is 0 Å². The van der Waals surface area contributed by atoms with Crippen molar-refractivity contribution in [2.45, 2.75) is 31.5 Å². The molecule has 0 unspecified atom stereocenters. The molecule has 3 rings (SSSR count). The van der Waals surface area contributed by atoms with Crippen LogP contribution in [0.15, 0.2) is 34.5 Å².